The van der Waals surface area contributed by atoms with Gasteiger partial charge >= 0.3 is 0 Å². The molecule has 0 bridgehead atoms. The Morgan fingerprint density at radius 1 is 1.20 bits per heavy atom. The van der Waals surface area contributed by atoms with E-state index in [0.717, 1.165) is 25.4 Å². The number of thiol groups is 1. The fraction of sp³-hybridized carbons (Fsp3) is 1.00. The van der Waals surface area contributed by atoms with Crippen molar-refractivity contribution < 1.29 is 8.42 Å². The summed E-state index contributed by atoms with van der Waals surface area (Å²) in [6.07, 6.45) is 0.694. The summed E-state index contributed by atoms with van der Waals surface area (Å²) in [6.45, 7) is 5.79. The van der Waals surface area contributed by atoms with Crippen LogP contribution in [0, 0.1) is 0 Å². The highest BCUT2D eigenvalue weighted by molar-refractivity contribution is 7.89. The van der Waals surface area contributed by atoms with Gasteiger partial charge < -0.3 is 0 Å². The fourth-order valence-corrected chi connectivity index (χ4v) is 3.54. The molecule has 4 nitrogen and oxygen atoms in total. The van der Waals surface area contributed by atoms with Crippen LogP contribution in [0.2, 0.25) is 0 Å². The predicted octanol–water partition coefficient (Wildman–Crippen LogP) is 0.274. The van der Waals surface area contributed by atoms with Gasteiger partial charge in [-0.25, -0.2) is 8.42 Å². The van der Waals surface area contributed by atoms with Crippen LogP contribution in [0.5, 0.6) is 0 Å². The van der Waals surface area contributed by atoms with Crippen LogP contribution < -0.4 is 0 Å². The zero-order chi connectivity index (χ0) is 11.3. The van der Waals surface area contributed by atoms with Crippen LogP contribution in [-0.2, 0) is 10.0 Å². The highest BCUT2D eigenvalue weighted by Crippen LogP contribution is 2.08. The second-order valence-electron chi connectivity index (χ2n) is 3.78. The number of rotatable bonds is 5. The summed E-state index contributed by atoms with van der Waals surface area (Å²) in [6, 6.07) is 0. The molecule has 0 aromatic rings. The molecule has 0 aliphatic carbocycles. The molecule has 90 valence electrons. The molecule has 1 aliphatic heterocycles. The van der Waals surface area contributed by atoms with E-state index in [1.807, 2.05) is 6.92 Å². The van der Waals surface area contributed by atoms with Gasteiger partial charge in [-0.15, -0.1) is 0 Å². The van der Waals surface area contributed by atoms with Crippen LogP contribution in [0.1, 0.15) is 13.3 Å². The van der Waals surface area contributed by atoms with E-state index in [1.54, 1.807) is 4.31 Å². The maximum atomic E-state index is 11.7. The Kier molecular flexibility index (Phi) is 5.38. The summed E-state index contributed by atoms with van der Waals surface area (Å²) in [4.78, 5) is 2.25. The van der Waals surface area contributed by atoms with Gasteiger partial charge in [-0.2, -0.15) is 16.9 Å². The average molecular weight is 252 g/mol. The maximum absolute atomic E-state index is 11.7. The van der Waals surface area contributed by atoms with E-state index in [1.165, 1.54) is 0 Å². The Morgan fingerprint density at radius 2 is 1.80 bits per heavy atom. The molecule has 0 unspecified atom stereocenters. The Hall–Kier alpha value is 0.220. The second kappa shape index (κ2) is 6.08. The predicted molar refractivity (Wildman–Crippen MR) is 65.9 cm³/mol. The molecule has 0 N–H and O–H groups in total. The molecular weight excluding hydrogens is 232 g/mol. The molecule has 1 heterocycles. The van der Waals surface area contributed by atoms with Crippen LogP contribution in [-0.4, -0.2) is 61.9 Å². The minimum Gasteiger partial charge on any atom is -0.300 e. The topological polar surface area (TPSA) is 40.6 Å². The van der Waals surface area contributed by atoms with Gasteiger partial charge in [-0.1, -0.05) is 6.92 Å². The van der Waals surface area contributed by atoms with Crippen molar-refractivity contribution in [3.05, 3.63) is 0 Å². The molecule has 0 aromatic heterocycles. The Morgan fingerprint density at radius 3 is 2.27 bits per heavy atom. The van der Waals surface area contributed by atoms with Gasteiger partial charge in [0.05, 0.1) is 5.75 Å². The largest absolute Gasteiger partial charge is 0.300 e. The zero-order valence-corrected chi connectivity index (χ0v) is 10.9. The maximum Gasteiger partial charge on any atom is 0.214 e. The highest BCUT2D eigenvalue weighted by atomic mass is 32.2. The van der Waals surface area contributed by atoms with Gasteiger partial charge in [0.15, 0.2) is 0 Å². The van der Waals surface area contributed by atoms with E-state index in [4.69, 9.17) is 0 Å². The smallest absolute Gasteiger partial charge is 0.214 e. The molecule has 0 spiro atoms. The molecule has 0 atom stereocenters. The lowest BCUT2D eigenvalue weighted by Gasteiger charge is -2.33. The Balaban J connectivity index is 2.43. The number of nitrogens with zero attached hydrogens (tertiary/aromatic N) is 2. The number of hydrogen-bond donors (Lipinski definition) is 1. The van der Waals surface area contributed by atoms with E-state index in [2.05, 4.69) is 17.5 Å². The summed E-state index contributed by atoms with van der Waals surface area (Å²) in [7, 11) is -2.98. The lowest BCUT2D eigenvalue weighted by Crippen LogP contribution is -2.49. The summed E-state index contributed by atoms with van der Waals surface area (Å²) in [5.74, 6) is 1.11. The third kappa shape index (κ3) is 3.94. The van der Waals surface area contributed by atoms with E-state index in [-0.39, 0.29) is 5.75 Å². The lowest BCUT2D eigenvalue weighted by atomic mass is 10.4. The standard InChI is InChI=1S/C9H20N2O2S2/c1-2-9-15(12,13)11-5-3-10(4-6-11)7-8-14/h14H,2-9H2,1H3. The van der Waals surface area contributed by atoms with Crippen LogP contribution in [0.25, 0.3) is 0 Å². The van der Waals surface area contributed by atoms with Crippen molar-refractivity contribution in [2.24, 2.45) is 0 Å². The first-order chi connectivity index (χ1) is 7.10. The summed E-state index contributed by atoms with van der Waals surface area (Å²) in [5.41, 5.74) is 0. The number of sulfonamides is 1. The molecule has 1 saturated heterocycles. The first kappa shape index (κ1) is 13.3. The second-order valence-corrected chi connectivity index (χ2v) is 6.32. The molecular formula is C9H20N2O2S2. The number of hydrogen-bond acceptors (Lipinski definition) is 4. The van der Waals surface area contributed by atoms with Gasteiger partial charge in [-0.05, 0) is 6.42 Å². The quantitative estimate of drug-likeness (QED) is 0.714. The first-order valence-electron chi connectivity index (χ1n) is 5.41. The molecule has 0 saturated carbocycles. The van der Waals surface area contributed by atoms with Crippen molar-refractivity contribution in [3.63, 3.8) is 0 Å². The Bertz CT molecular complexity index is 272. The van der Waals surface area contributed by atoms with Crippen molar-refractivity contribution in [2.45, 2.75) is 13.3 Å². The molecule has 1 rings (SSSR count). The van der Waals surface area contributed by atoms with Crippen molar-refractivity contribution in [1.82, 2.24) is 9.21 Å². The normalized spacial score (nSPS) is 20.7. The molecule has 1 aliphatic rings. The van der Waals surface area contributed by atoms with Crippen LogP contribution in [0.3, 0.4) is 0 Å². The molecule has 6 heteroatoms. The SMILES string of the molecule is CCCS(=O)(=O)N1CCN(CCS)CC1. The Labute approximate surface area is 98.1 Å². The minimum atomic E-state index is -2.98. The van der Waals surface area contributed by atoms with E-state index < -0.39 is 10.0 Å². The molecule has 0 radical (unpaired) electrons. The van der Waals surface area contributed by atoms with E-state index >= 15 is 0 Å². The van der Waals surface area contributed by atoms with Gasteiger partial charge in [-0.3, -0.25) is 4.90 Å². The third-order valence-electron chi connectivity index (χ3n) is 2.60. The summed E-state index contributed by atoms with van der Waals surface area (Å²) < 4.78 is 25.1. The van der Waals surface area contributed by atoms with Crippen molar-refractivity contribution in [2.75, 3.05) is 44.2 Å². The van der Waals surface area contributed by atoms with E-state index in [9.17, 15) is 8.42 Å². The third-order valence-corrected chi connectivity index (χ3v) is 4.88. The fourth-order valence-electron chi connectivity index (χ4n) is 1.76. The highest BCUT2D eigenvalue weighted by Gasteiger charge is 2.25. The lowest BCUT2D eigenvalue weighted by molar-refractivity contribution is 0.198. The van der Waals surface area contributed by atoms with Gasteiger partial charge in [0.25, 0.3) is 0 Å². The monoisotopic (exact) mass is 252 g/mol. The summed E-state index contributed by atoms with van der Waals surface area (Å²) in [5, 5.41) is 0. The minimum absolute atomic E-state index is 0.277. The first-order valence-corrected chi connectivity index (χ1v) is 7.65. The van der Waals surface area contributed by atoms with Crippen LogP contribution in [0.15, 0.2) is 0 Å². The van der Waals surface area contributed by atoms with Gasteiger partial charge in [0.1, 0.15) is 0 Å². The van der Waals surface area contributed by atoms with Gasteiger partial charge in [0, 0.05) is 38.5 Å². The van der Waals surface area contributed by atoms with Crippen LogP contribution >= 0.6 is 12.6 Å². The van der Waals surface area contributed by atoms with Crippen molar-refractivity contribution in [3.8, 4) is 0 Å². The molecule has 0 aromatic carbocycles. The van der Waals surface area contributed by atoms with Crippen molar-refractivity contribution in [1.29, 1.82) is 0 Å². The molecule has 1 fully saturated rings. The average Bonchev–Trinajstić information content (AvgIpc) is 2.19. The van der Waals surface area contributed by atoms with Crippen LogP contribution in [0.4, 0.5) is 0 Å². The zero-order valence-electron chi connectivity index (χ0n) is 9.22. The molecule has 0 amide bonds. The summed E-state index contributed by atoms with van der Waals surface area (Å²) >= 11 is 4.17. The number of piperazine rings is 1. The van der Waals surface area contributed by atoms with E-state index in [0.29, 0.717) is 19.5 Å². The van der Waals surface area contributed by atoms with Gasteiger partial charge in [0.2, 0.25) is 10.0 Å². The molecule has 15 heavy (non-hydrogen) atoms. The van der Waals surface area contributed by atoms with Crippen molar-refractivity contribution >= 4 is 22.7 Å².